The van der Waals surface area contributed by atoms with E-state index in [1.54, 1.807) is 11.6 Å². The highest BCUT2D eigenvalue weighted by atomic mass is 16.5. The van der Waals surface area contributed by atoms with Gasteiger partial charge in [-0.1, -0.05) is 122 Å². The molecule has 4 aromatic rings. The molecule has 0 aliphatic rings. The number of methoxy groups -OCH3 is 1. The van der Waals surface area contributed by atoms with Crippen molar-refractivity contribution in [1.29, 1.82) is 0 Å². The molecule has 2 aromatic heterocycles. The Labute approximate surface area is 219 Å². The topological polar surface area (TPSA) is 65.4 Å². The number of fused-ring (bicyclic) bond motifs is 3. The highest BCUT2D eigenvalue weighted by Gasteiger charge is 2.12. The Morgan fingerprint density at radius 3 is 2.00 bits per heavy atom. The molecule has 2 aromatic carbocycles. The van der Waals surface area contributed by atoms with E-state index >= 15 is 0 Å². The molecule has 198 valence electrons. The fourth-order valence-corrected chi connectivity index (χ4v) is 3.46. The van der Waals surface area contributed by atoms with Crippen molar-refractivity contribution in [3.05, 3.63) is 65.9 Å². The van der Waals surface area contributed by atoms with Gasteiger partial charge in [0, 0.05) is 5.39 Å². The van der Waals surface area contributed by atoms with Crippen LogP contribution in [0.15, 0.2) is 54.6 Å². The van der Waals surface area contributed by atoms with Crippen LogP contribution in [0.2, 0.25) is 0 Å². The number of hydrogen-bond donors (Lipinski definition) is 1. The highest BCUT2D eigenvalue weighted by Crippen LogP contribution is 2.28. The molecular weight excluding hydrogens is 444 g/mol. The zero-order valence-electron chi connectivity index (χ0n) is 23.8. The van der Waals surface area contributed by atoms with Crippen molar-refractivity contribution in [2.75, 3.05) is 12.8 Å². The quantitative estimate of drug-likeness (QED) is 0.292. The van der Waals surface area contributed by atoms with Crippen LogP contribution in [0.1, 0.15) is 84.9 Å². The smallest absolute Gasteiger partial charge is 0.222 e. The Hall–Kier alpha value is -3.08. The Morgan fingerprint density at radius 2 is 1.56 bits per heavy atom. The zero-order valence-corrected chi connectivity index (χ0v) is 23.8. The number of benzene rings is 2. The molecule has 2 N–H and O–H groups in total. The lowest BCUT2D eigenvalue weighted by molar-refractivity contribution is 0.419. The van der Waals surface area contributed by atoms with Crippen molar-refractivity contribution in [2.24, 2.45) is 5.92 Å². The molecule has 36 heavy (non-hydrogen) atoms. The molecule has 5 nitrogen and oxygen atoms in total. The molecule has 0 bridgehead atoms. The summed E-state index contributed by atoms with van der Waals surface area (Å²) in [4.78, 5) is 4.40. The molecule has 5 heteroatoms. The number of aromatic nitrogens is 3. The summed E-state index contributed by atoms with van der Waals surface area (Å²) >= 11 is 0. The van der Waals surface area contributed by atoms with Crippen LogP contribution in [0.3, 0.4) is 0 Å². The van der Waals surface area contributed by atoms with Crippen molar-refractivity contribution < 1.29 is 4.74 Å². The summed E-state index contributed by atoms with van der Waals surface area (Å²) < 4.78 is 7.04. The molecule has 0 fully saturated rings. The number of hydrogen-bond acceptors (Lipinski definition) is 4. The number of aryl methyl sites for hydroxylation is 2. The number of nitrogens with two attached hydrogens (primary N) is 1. The van der Waals surface area contributed by atoms with Crippen molar-refractivity contribution in [2.45, 2.75) is 87.0 Å². The monoisotopic (exact) mass is 492 g/mol. The summed E-state index contributed by atoms with van der Waals surface area (Å²) in [6, 6.07) is 18.2. The van der Waals surface area contributed by atoms with E-state index in [0.29, 0.717) is 5.95 Å². The molecule has 0 atom stereocenters. The molecule has 0 saturated carbocycles. The van der Waals surface area contributed by atoms with Crippen molar-refractivity contribution in [3.8, 4) is 5.75 Å². The SMILES string of the molecule is CCCC.CCCC(C)C.CCCc1cc2c3cccc(OC)c3nc(N)n2n1.Cc1ccccc1. The number of nitrogen functional groups attached to an aromatic ring is 1. The predicted octanol–water partition coefficient (Wildman–Crippen LogP) is 8.67. The lowest BCUT2D eigenvalue weighted by atomic mass is 10.1. The number of unbranched alkanes of at least 4 members (excludes halogenated alkanes) is 1. The van der Waals surface area contributed by atoms with Crippen LogP contribution in [0, 0.1) is 12.8 Å². The molecule has 2 heterocycles. The Morgan fingerprint density at radius 1 is 0.889 bits per heavy atom. The van der Waals surface area contributed by atoms with Crippen LogP contribution in [0.4, 0.5) is 5.95 Å². The second-order valence-corrected chi connectivity index (χ2v) is 9.35. The van der Waals surface area contributed by atoms with E-state index in [1.165, 1.54) is 31.2 Å². The average Bonchev–Trinajstić information content (AvgIpc) is 3.30. The van der Waals surface area contributed by atoms with E-state index in [-0.39, 0.29) is 0 Å². The Balaban J connectivity index is 0.000000313. The first-order valence-electron chi connectivity index (χ1n) is 13.4. The van der Waals surface area contributed by atoms with Crippen LogP contribution in [-0.2, 0) is 6.42 Å². The van der Waals surface area contributed by atoms with Gasteiger partial charge < -0.3 is 10.5 Å². The number of ether oxygens (including phenoxy) is 1. The van der Waals surface area contributed by atoms with Gasteiger partial charge in [-0.25, -0.2) is 4.98 Å². The van der Waals surface area contributed by atoms with Gasteiger partial charge in [0.15, 0.2) is 0 Å². The zero-order chi connectivity index (χ0) is 26.9. The maximum absolute atomic E-state index is 5.99. The van der Waals surface area contributed by atoms with Crippen LogP contribution in [0.25, 0.3) is 16.4 Å². The number of anilines is 1. The lowest BCUT2D eigenvalue weighted by Gasteiger charge is -2.07. The summed E-state index contributed by atoms with van der Waals surface area (Å²) in [7, 11) is 1.63. The van der Waals surface area contributed by atoms with Gasteiger partial charge in [0.1, 0.15) is 11.3 Å². The van der Waals surface area contributed by atoms with E-state index < -0.39 is 0 Å². The normalized spacial score (nSPS) is 10.1. The van der Waals surface area contributed by atoms with Gasteiger partial charge in [0.25, 0.3) is 0 Å². The maximum Gasteiger partial charge on any atom is 0.222 e. The van der Waals surface area contributed by atoms with Crippen LogP contribution in [-0.4, -0.2) is 21.7 Å². The molecule has 0 amide bonds. The van der Waals surface area contributed by atoms with Crippen molar-refractivity contribution >= 4 is 22.4 Å². The third-order valence-corrected chi connectivity index (χ3v) is 5.51. The van der Waals surface area contributed by atoms with E-state index in [4.69, 9.17) is 10.5 Å². The first kappa shape index (κ1) is 31.0. The first-order chi connectivity index (χ1) is 17.3. The molecule has 0 radical (unpaired) electrons. The standard InChI is InChI=1S/C14H16N4O.C7H8.C6H14.C4H10/c1-3-5-9-8-11-10-6-4-7-12(19-2)13(10)16-14(15)18(11)17-9;1-7-5-3-2-4-6-7;1-4-5-6(2)3;1-3-4-2/h4,6-8H,3,5H2,1-2H3,(H2,15,16);2-6H,1H3;6H,4-5H2,1-3H3;3-4H2,1-2H3. The summed E-state index contributed by atoms with van der Waals surface area (Å²) in [5, 5.41) is 5.50. The van der Waals surface area contributed by atoms with Crippen LogP contribution < -0.4 is 10.5 Å². The van der Waals surface area contributed by atoms with Gasteiger partial charge in [0.05, 0.1) is 18.3 Å². The molecule has 0 unspecified atom stereocenters. The minimum Gasteiger partial charge on any atom is -0.494 e. The van der Waals surface area contributed by atoms with Gasteiger partial charge in [-0.15, -0.1) is 0 Å². The first-order valence-corrected chi connectivity index (χ1v) is 13.4. The second-order valence-electron chi connectivity index (χ2n) is 9.35. The predicted molar refractivity (Wildman–Crippen MR) is 157 cm³/mol. The van der Waals surface area contributed by atoms with Crippen molar-refractivity contribution in [3.63, 3.8) is 0 Å². The lowest BCUT2D eigenvalue weighted by Crippen LogP contribution is -2.03. The van der Waals surface area contributed by atoms with E-state index in [0.717, 1.165) is 46.6 Å². The summed E-state index contributed by atoms with van der Waals surface area (Å²) in [5.41, 5.74) is 10.1. The molecule has 4 rings (SSSR count). The average molecular weight is 493 g/mol. The molecular formula is C31H48N4O. The third-order valence-electron chi connectivity index (χ3n) is 5.51. The summed E-state index contributed by atoms with van der Waals surface area (Å²) in [6.45, 7) is 15.3. The van der Waals surface area contributed by atoms with Crippen LogP contribution >= 0.6 is 0 Å². The third kappa shape index (κ3) is 10.3. The fourth-order valence-electron chi connectivity index (χ4n) is 3.46. The minimum atomic E-state index is 0.384. The minimum absolute atomic E-state index is 0.384. The fraction of sp³-hybridized carbons (Fsp3) is 0.484. The Kier molecular flexibility index (Phi) is 14.9. The van der Waals surface area contributed by atoms with E-state index in [2.05, 4.69) is 76.7 Å². The maximum atomic E-state index is 5.99. The number of para-hydroxylation sites is 1. The molecule has 0 aliphatic carbocycles. The molecule has 0 spiro atoms. The van der Waals surface area contributed by atoms with E-state index in [9.17, 15) is 0 Å². The number of nitrogens with zero attached hydrogens (tertiary/aromatic N) is 3. The van der Waals surface area contributed by atoms with Crippen LogP contribution in [0.5, 0.6) is 5.75 Å². The highest BCUT2D eigenvalue weighted by molar-refractivity contribution is 5.97. The molecule has 0 saturated heterocycles. The second kappa shape index (κ2) is 17.4. The van der Waals surface area contributed by atoms with Gasteiger partial charge in [-0.3, -0.25) is 0 Å². The van der Waals surface area contributed by atoms with Gasteiger partial charge in [-0.05, 0) is 31.4 Å². The van der Waals surface area contributed by atoms with E-state index in [1.807, 2.05) is 36.4 Å². The van der Waals surface area contributed by atoms with Gasteiger partial charge in [-0.2, -0.15) is 9.61 Å². The Bertz CT molecular complexity index is 1120. The molecule has 0 aliphatic heterocycles. The largest absolute Gasteiger partial charge is 0.494 e. The summed E-state index contributed by atoms with van der Waals surface area (Å²) in [6.07, 6.45) is 7.34. The van der Waals surface area contributed by atoms with Crippen molar-refractivity contribution in [1.82, 2.24) is 14.6 Å². The van der Waals surface area contributed by atoms with Gasteiger partial charge in [0.2, 0.25) is 5.95 Å². The van der Waals surface area contributed by atoms with Gasteiger partial charge >= 0.3 is 0 Å². The summed E-state index contributed by atoms with van der Waals surface area (Å²) in [5.74, 6) is 2.01. The number of rotatable bonds is 6.